The molecule has 0 aliphatic heterocycles. The van der Waals surface area contributed by atoms with E-state index in [1.54, 1.807) is 19.1 Å². The van der Waals surface area contributed by atoms with Crippen LogP contribution in [0.15, 0.2) is 30.3 Å². The number of ether oxygens (including phenoxy) is 1. The largest absolute Gasteiger partial charge is 0.476 e. The Kier molecular flexibility index (Phi) is 4.60. The number of benzene rings is 1. The predicted octanol–water partition coefficient (Wildman–Crippen LogP) is 2.87. The molecule has 0 atom stereocenters. The lowest BCUT2D eigenvalue weighted by molar-refractivity contribution is 0.0512. The van der Waals surface area contributed by atoms with Gasteiger partial charge in [0.05, 0.1) is 18.0 Å². The molecule has 0 spiro atoms. The molecule has 0 radical (unpaired) electrons. The molecule has 22 heavy (non-hydrogen) atoms. The third-order valence-corrected chi connectivity index (χ3v) is 3.15. The zero-order chi connectivity index (χ0) is 16.3. The molecule has 1 aromatic heterocycles. The number of para-hydroxylation sites is 1. The van der Waals surface area contributed by atoms with Crippen molar-refractivity contribution in [3.63, 3.8) is 0 Å². The van der Waals surface area contributed by atoms with Crippen molar-refractivity contribution in [3.8, 4) is 5.69 Å². The molecule has 6 heteroatoms. The SMILES string of the molecule is CCOC(=O)c1c(C(=O)O)nn(-c2ccccc2)c1C(C)C. The molecule has 0 aliphatic rings. The van der Waals surface area contributed by atoms with Crippen LogP contribution in [-0.2, 0) is 4.74 Å². The van der Waals surface area contributed by atoms with Crippen LogP contribution in [0.1, 0.15) is 53.2 Å². The number of hydrogen-bond acceptors (Lipinski definition) is 4. The van der Waals surface area contributed by atoms with Gasteiger partial charge >= 0.3 is 11.9 Å². The van der Waals surface area contributed by atoms with Crippen molar-refractivity contribution in [1.82, 2.24) is 9.78 Å². The van der Waals surface area contributed by atoms with E-state index in [4.69, 9.17) is 4.74 Å². The van der Waals surface area contributed by atoms with Crippen LogP contribution in [-0.4, -0.2) is 33.4 Å². The molecule has 0 bridgehead atoms. The fourth-order valence-electron chi connectivity index (χ4n) is 2.28. The smallest absolute Gasteiger partial charge is 0.357 e. The highest BCUT2D eigenvalue weighted by atomic mass is 16.5. The van der Waals surface area contributed by atoms with Gasteiger partial charge in [-0.3, -0.25) is 0 Å². The Balaban J connectivity index is 2.73. The molecule has 0 amide bonds. The molecule has 0 saturated heterocycles. The van der Waals surface area contributed by atoms with Crippen LogP contribution >= 0.6 is 0 Å². The van der Waals surface area contributed by atoms with Gasteiger partial charge in [0.15, 0.2) is 5.69 Å². The zero-order valence-corrected chi connectivity index (χ0v) is 12.7. The minimum atomic E-state index is -1.25. The van der Waals surface area contributed by atoms with Crippen molar-refractivity contribution < 1.29 is 19.4 Å². The van der Waals surface area contributed by atoms with E-state index in [2.05, 4.69) is 5.10 Å². The number of aromatic nitrogens is 2. The fraction of sp³-hybridized carbons (Fsp3) is 0.312. The maximum Gasteiger partial charge on any atom is 0.357 e. The van der Waals surface area contributed by atoms with Gasteiger partial charge in [-0.15, -0.1) is 0 Å². The lowest BCUT2D eigenvalue weighted by atomic mass is 10.0. The summed E-state index contributed by atoms with van der Waals surface area (Å²) in [6.07, 6.45) is 0. The van der Waals surface area contributed by atoms with Crippen LogP contribution in [0.3, 0.4) is 0 Å². The predicted molar refractivity (Wildman–Crippen MR) is 80.6 cm³/mol. The first-order valence-corrected chi connectivity index (χ1v) is 7.06. The van der Waals surface area contributed by atoms with E-state index in [1.807, 2.05) is 32.0 Å². The van der Waals surface area contributed by atoms with Crippen molar-refractivity contribution in [2.24, 2.45) is 0 Å². The first kappa shape index (κ1) is 15.8. The third kappa shape index (κ3) is 2.86. The second-order valence-electron chi connectivity index (χ2n) is 5.04. The highest BCUT2D eigenvalue weighted by Gasteiger charge is 2.30. The summed E-state index contributed by atoms with van der Waals surface area (Å²) in [7, 11) is 0. The topological polar surface area (TPSA) is 81.4 Å². The number of esters is 1. The Hall–Kier alpha value is -2.63. The van der Waals surface area contributed by atoms with E-state index in [-0.39, 0.29) is 23.8 Å². The fourth-order valence-corrected chi connectivity index (χ4v) is 2.28. The average molecular weight is 302 g/mol. The number of carboxylic acid groups (broad SMARTS) is 1. The molecule has 2 rings (SSSR count). The summed E-state index contributed by atoms with van der Waals surface area (Å²) in [5.74, 6) is -2.01. The standard InChI is InChI=1S/C16H18N2O4/c1-4-22-16(21)12-13(15(19)20)17-18(14(12)10(2)3)11-8-6-5-7-9-11/h5-10H,4H2,1-3H3,(H,19,20). The summed E-state index contributed by atoms with van der Waals surface area (Å²) in [6, 6.07) is 9.11. The van der Waals surface area contributed by atoms with E-state index in [9.17, 15) is 14.7 Å². The molecule has 0 fully saturated rings. The maximum absolute atomic E-state index is 12.2. The van der Waals surface area contributed by atoms with Crippen LogP contribution in [0.2, 0.25) is 0 Å². The molecule has 2 aromatic rings. The Morgan fingerprint density at radius 1 is 1.27 bits per heavy atom. The van der Waals surface area contributed by atoms with Crippen molar-refractivity contribution in [2.75, 3.05) is 6.61 Å². The molecule has 0 aliphatic carbocycles. The van der Waals surface area contributed by atoms with Crippen LogP contribution in [0.4, 0.5) is 0 Å². The van der Waals surface area contributed by atoms with Crippen LogP contribution in [0.25, 0.3) is 5.69 Å². The van der Waals surface area contributed by atoms with Crippen LogP contribution in [0, 0.1) is 0 Å². The monoisotopic (exact) mass is 302 g/mol. The van der Waals surface area contributed by atoms with Crippen molar-refractivity contribution in [2.45, 2.75) is 26.7 Å². The number of rotatable bonds is 5. The second kappa shape index (κ2) is 6.43. The number of hydrogen-bond donors (Lipinski definition) is 1. The van der Waals surface area contributed by atoms with Gasteiger partial charge in [-0.1, -0.05) is 32.0 Å². The van der Waals surface area contributed by atoms with E-state index in [0.29, 0.717) is 11.4 Å². The average Bonchev–Trinajstić information content (AvgIpc) is 2.89. The molecular formula is C16H18N2O4. The molecule has 1 N–H and O–H groups in total. The lowest BCUT2D eigenvalue weighted by Gasteiger charge is -2.12. The molecule has 1 aromatic carbocycles. The van der Waals surface area contributed by atoms with Gasteiger partial charge < -0.3 is 9.84 Å². The van der Waals surface area contributed by atoms with Gasteiger partial charge in [0.25, 0.3) is 0 Å². The van der Waals surface area contributed by atoms with Crippen LogP contribution in [0.5, 0.6) is 0 Å². The van der Waals surface area contributed by atoms with Gasteiger partial charge in [0.1, 0.15) is 5.56 Å². The van der Waals surface area contributed by atoms with E-state index < -0.39 is 11.9 Å². The first-order valence-electron chi connectivity index (χ1n) is 7.06. The van der Waals surface area contributed by atoms with Gasteiger partial charge in [-0.25, -0.2) is 14.3 Å². The van der Waals surface area contributed by atoms with Gasteiger partial charge in [-0.05, 0) is 25.0 Å². The number of carbonyl (C=O) groups is 2. The highest BCUT2D eigenvalue weighted by molar-refractivity contribution is 6.02. The summed E-state index contributed by atoms with van der Waals surface area (Å²) in [6.45, 7) is 5.61. The molecule has 0 saturated carbocycles. The second-order valence-corrected chi connectivity index (χ2v) is 5.04. The molecule has 0 unspecified atom stereocenters. The first-order chi connectivity index (χ1) is 10.5. The third-order valence-electron chi connectivity index (χ3n) is 3.15. The number of carboxylic acids is 1. The number of aromatic carboxylic acids is 1. The summed E-state index contributed by atoms with van der Waals surface area (Å²) in [5.41, 5.74) is 0.963. The van der Waals surface area contributed by atoms with E-state index in [1.165, 1.54) is 4.68 Å². The molecular weight excluding hydrogens is 284 g/mol. The van der Waals surface area contributed by atoms with E-state index >= 15 is 0 Å². The Morgan fingerprint density at radius 3 is 2.41 bits per heavy atom. The van der Waals surface area contributed by atoms with E-state index in [0.717, 1.165) is 0 Å². The van der Waals surface area contributed by atoms with Gasteiger partial charge in [0, 0.05) is 0 Å². The number of nitrogens with zero attached hydrogens (tertiary/aromatic N) is 2. The highest BCUT2D eigenvalue weighted by Crippen LogP contribution is 2.27. The molecule has 1 heterocycles. The Morgan fingerprint density at radius 2 is 1.91 bits per heavy atom. The zero-order valence-electron chi connectivity index (χ0n) is 12.7. The summed E-state index contributed by atoms with van der Waals surface area (Å²) in [4.78, 5) is 23.7. The molecule has 116 valence electrons. The minimum absolute atomic E-state index is 0.0215. The van der Waals surface area contributed by atoms with Gasteiger partial charge in [0.2, 0.25) is 0 Å². The van der Waals surface area contributed by atoms with Crippen molar-refractivity contribution in [1.29, 1.82) is 0 Å². The lowest BCUT2D eigenvalue weighted by Crippen LogP contribution is -2.13. The maximum atomic E-state index is 12.2. The van der Waals surface area contributed by atoms with Crippen LogP contribution < -0.4 is 0 Å². The quantitative estimate of drug-likeness (QED) is 0.859. The minimum Gasteiger partial charge on any atom is -0.476 e. The Labute approximate surface area is 128 Å². The van der Waals surface area contributed by atoms with Gasteiger partial charge in [-0.2, -0.15) is 5.10 Å². The Bertz CT molecular complexity index is 690. The summed E-state index contributed by atoms with van der Waals surface area (Å²) < 4.78 is 6.50. The summed E-state index contributed by atoms with van der Waals surface area (Å²) in [5, 5.41) is 13.5. The normalized spacial score (nSPS) is 10.7. The molecule has 6 nitrogen and oxygen atoms in total. The number of carbonyl (C=O) groups excluding carboxylic acids is 1. The van der Waals surface area contributed by atoms with Crippen molar-refractivity contribution in [3.05, 3.63) is 47.3 Å². The summed E-state index contributed by atoms with van der Waals surface area (Å²) >= 11 is 0. The van der Waals surface area contributed by atoms with Crippen molar-refractivity contribution >= 4 is 11.9 Å².